The van der Waals surface area contributed by atoms with E-state index in [9.17, 15) is 9.59 Å². The van der Waals surface area contributed by atoms with Gasteiger partial charge in [0, 0.05) is 0 Å². The van der Waals surface area contributed by atoms with Crippen LogP contribution < -0.4 is 15.8 Å². The molecule has 1 heterocycles. The van der Waals surface area contributed by atoms with Crippen LogP contribution in [0.4, 0.5) is 0 Å². The summed E-state index contributed by atoms with van der Waals surface area (Å²) in [6.07, 6.45) is 0.221. The topological polar surface area (TPSA) is 97.2 Å². The van der Waals surface area contributed by atoms with E-state index in [-0.39, 0.29) is 17.7 Å². The molecule has 1 aromatic carbocycles. The highest BCUT2D eigenvalue weighted by atomic mass is 16.5. The summed E-state index contributed by atoms with van der Waals surface area (Å²) in [5.41, 5.74) is 0.527. The molecule has 7 heteroatoms. The highest BCUT2D eigenvalue weighted by molar-refractivity contribution is 5.79. The summed E-state index contributed by atoms with van der Waals surface area (Å²) in [5, 5.41) is 6.59. The zero-order valence-corrected chi connectivity index (χ0v) is 13.7. The van der Waals surface area contributed by atoms with Crippen molar-refractivity contribution in [3.05, 3.63) is 46.2 Å². The number of nitrogens with one attached hydrogen (secondary N) is 2. The van der Waals surface area contributed by atoms with Gasteiger partial charge in [-0.2, -0.15) is 0 Å². The highest BCUT2D eigenvalue weighted by Crippen LogP contribution is 2.30. The third kappa shape index (κ3) is 4.45. The van der Waals surface area contributed by atoms with Crippen molar-refractivity contribution in [3.8, 4) is 5.75 Å². The molecular formula is C16H21N3O4. The molecule has 1 aromatic heterocycles. The van der Waals surface area contributed by atoms with Gasteiger partial charge in [0.1, 0.15) is 5.75 Å². The average molecular weight is 319 g/mol. The molecule has 1 atom stereocenters. The molecule has 0 bridgehead atoms. The first kappa shape index (κ1) is 16.8. The quantitative estimate of drug-likeness (QED) is 0.876. The molecule has 0 aliphatic carbocycles. The number of H-pyrrole nitrogens is 1. The first-order valence-electron chi connectivity index (χ1n) is 7.28. The van der Waals surface area contributed by atoms with Gasteiger partial charge in [0.15, 0.2) is 5.82 Å². The van der Waals surface area contributed by atoms with Gasteiger partial charge >= 0.3 is 5.76 Å². The van der Waals surface area contributed by atoms with E-state index in [1.54, 1.807) is 19.2 Å². The molecule has 0 radical (unpaired) electrons. The molecule has 0 saturated carbocycles. The molecule has 1 amide bonds. The van der Waals surface area contributed by atoms with E-state index in [2.05, 4.69) is 20.0 Å². The van der Waals surface area contributed by atoms with Crippen LogP contribution in [0, 0.1) is 5.41 Å². The predicted octanol–water partition coefficient (Wildman–Crippen LogP) is 1.82. The Bertz CT molecular complexity index is 710. The van der Waals surface area contributed by atoms with Crippen LogP contribution in [0.15, 0.2) is 33.6 Å². The number of nitrogens with zero attached hydrogens (tertiary/aromatic N) is 1. The van der Waals surface area contributed by atoms with Crippen LogP contribution in [0.2, 0.25) is 0 Å². The van der Waals surface area contributed by atoms with Crippen molar-refractivity contribution in [3.63, 3.8) is 0 Å². The number of aromatic amines is 1. The maximum Gasteiger partial charge on any atom is 0.438 e. The molecule has 0 aliphatic heterocycles. The summed E-state index contributed by atoms with van der Waals surface area (Å²) in [6, 6.07) is 6.82. The smallest absolute Gasteiger partial charge is 0.438 e. The highest BCUT2D eigenvalue weighted by Gasteiger charge is 2.31. The molecular weight excluding hydrogens is 298 g/mol. The number of amides is 1. The molecule has 23 heavy (non-hydrogen) atoms. The van der Waals surface area contributed by atoms with Gasteiger partial charge in [-0.05, 0) is 23.1 Å². The summed E-state index contributed by atoms with van der Waals surface area (Å²) < 4.78 is 9.63. The van der Waals surface area contributed by atoms with Gasteiger partial charge in [0.05, 0.1) is 19.6 Å². The van der Waals surface area contributed by atoms with Crippen molar-refractivity contribution in [2.45, 2.75) is 33.2 Å². The van der Waals surface area contributed by atoms with Gasteiger partial charge in [-0.3, -0.25) is 14.3 Å². The van der Waals surface area contributed by atoms with E-state index in [0.29, 0.717) is 5.82 Å². The van der Waals surface area contributed by atoms with E-state index in [4.69, 9.17) is 4.74 Å². The number of methoxy groups -OCH3 is 1. The van der Waals surface area contributed by atoms with Crippen molar-refractivity contribution in [1.82, 2.24) is 15.5 Å². The number of rotatable bonds is 5. The molecule has 0 fully saturated rings. The first-order chi connectivity index (χ1) is 10.8. The van der Waals surface area contributed by atoms with Gasteiger partial charge in [-0.25, -0.2) is 4.79 Å². The second-order valence-corrected chi connectivity index (χ2v) is 6.37. The Balaban J connectivity index is 2.09. The Morgan fingerprint density at radius 2 is 2.00 bits per heavy atom. The molecule has 1 unspecified atom stereocenters. The number of carbonyl (C=O) groups is 1. The van der Waals surface area contributed by atoms with Crippen molar-refractivity contribution in [2.24, 2.45) is 5.41 Å². The molecule has 2 aromatic rings. The van der Waals surface area contributed by atoms with Gasteiger partial charge < -0.3 is 10.1 Å². The fourth-order valence-electron chi connectivity index (χ4n) is 2.20. The van der Waals surface area contributed by atoms with Crippen LogP contribution in [0.1, 0.15) is 38.2 Å². The van der Waals surface area contributed by atoms with Crippen molar-refractivity contribution >= 4 is 5.91 Å². The summed E-state index contributed by atoms with van der Waals surface area (Å²) in [7, 11) is 1.59. The van der Waals surface area contributed by atoms with E-state index in [0.717, 1.165) is 11.3 Å². The summed E-state index contributed by atoms with van der Waals surface area (Å²) in [6.45, 7) is 5.83. The summed E-state index contributed by atoms with van der Waals surface area (Å²) >= 11 is 0. The van der Waals surface area contributed by atoms with Crippen LogP contribution >= 0.6 is 0 Å². The average Bonchev–Trinajstić information content (AvgIpc) is 2.90. The van der Waals surface area contributed by atoms with Gasteiger partial charge in [-0.15, -0.1) is 0 Å². The SMILES string of the molecule is COc1ccc(CC(=O)NC(c2noc(=O)[nH]2)C(C)(C)C)cc1. The molecule has 0 saturated heterocycles. The number of carbonyl (C=O) groups excluding carboxylic acids is 1. The fraction of sp³-hybridized carbons (Fsp3) is 0.438. The van der Waals surface area contributed by atoms with Gasteiger partial charge in [0.25, 0.3) is 0 Å². The van der Waals surface area contributed by atoms with Crippen LogP contribution in [0.25, 0.3) is 0 Å². The van der Waals surface area contributed by atoms with E-state index < -0.39 is 11.8 Å². The zero-order valence-electron chi connectivity index (χ0n) is 13.7. The summed E-state index contributed by atoms with van der Waals surface area (Å²) in [4.78, 5) is 26.0. The minimum absolute atomic E-state index is 0.168. The molecule has 7 nitrogen and oxygen atoms in total. The number of hydrogen-bond acceptors (Lipinski definition) is 5. The Labute approximate surface area is 134 Å². The van der Waals surface area contributed by atoms with Gasteiger partial charge in [0.2, 0.25) is 5.91 Å². The molecule has 2 rings (SSSR count). The second kappa shape index (κ2) is 6.68. The Kier molecular flexibility index (Phi) is 4.88. The third-order valence-corrected chi connectivity index (χ3v) is 3.43. The normalized spacial score (nSPS) is 12.7. The fourth-order valence-corrected chi connectivity index (χ4v) is 2.20. The maximum atomic E-state index is 12.3. The number of hydrogen-bond donors (Lipinski definition) is 2. The predicted molar refractivity (Wildman–Crippen MR) is 84.2 cm³/mol. The van der Waals surface area contributed by atoms with Gasteiger partial charge in [-0.1, -0.05) is 38.1 Å². The number of benzene rings is 1. The largest absolute Gasteiger partial charge is 0.497 e. The van der Waals surface area contributed by atoms with E-state index in [1.807, 2.05) is 32.9 Å². The van der Waals surface area contributed by atoms with Crippen molar-refractivity contribution < 1.29 is 14.1 Å². The Morgan fingerprint density at radius 3 is 2.48 bits per heavy atom. The van der Waals surface area contributed by atoms with Crippen LogP contribution in [-0.4, -0.2) is 23.2 Å². The minimum atomic E-state index is -0.640. The van der Waals surface area contributed by atoms with E-state index in [1.165, 1.54) is 0 Å². The van der Waals surface area contributed by atoms with Crippen molar-refractivity contribution in [2.75, 3.05) is 7.11 Å². The standard InChI is InChI=1S/C16H21N3O4/c1-16(2,3)13(14-18-15(21)23-19-14)17-12(20)9-10-5-7-11(22-4)8-6-10/h5-8,13H,9H2,1-4H3,(H,17,20)(H,18,19,21). The molecule has 124 valence electrons. The lowest BCUT2D eigenvalue weighted by Gasteiger charge is -2.29. The Morgan fingerprint density at radius 1 is 1.35 bits per heavy atom. The molecule has 0 spiro atoms. The number of aromatic nitrogens is 2. The van der Waals surface area contributed by atoms with Crippen LogP contribution in [0.5, 0.6) is 5.75 Å². The lowest BCUT2D eigenvalue weighted by atomic mass is 9.86. The van der Waals surface area contributed by atoms with Crippen LogP contribution in [-0.2, 0) is 11.2 Å². The molecule has 2 N–H and O–H groups in total. The van der Waals surface area contributed by atoms with Crippen molar-refractivity contribution in [1.29, 1.82) is 0 Å². The summed E-state index contributed by atoms with van der Waals surface area (Å²) in [5.74, 6) is 0.241. The monoisotopic (exact) mass is 319 g/mol. The zero-order chi connectivity index (χ0) is 17.0. The van der Waals surface area contributed by atoms with E-state index >= 15 is 0 Å². The third-order valence-electron chi connectivity index (χ3n) is 3.43. The van der Waals surface area contributed by atoms with Crippen LogP contribution in [0.3, 0.4) is 0 Å². The lowest BCUT2D eigenvalue weighted by Crippen LogP contribution is -2.38. The lowest BCUT2D eigenvalue weighted by molar-refractivity contribution is -0.122. The first-order valence-corrected chi connectivity index (χ1v) is 7.28. The molecule has 0 aliphatic rings. The second-order valence-electron chi connectivity index (χ2n) is 6.37. The Hall–Kier alpha value is -2.57. The maximum absolute atomic E-state index is 12.3. The minimum Gasteiger partial charge on any atom is -0.497 e. The number of ether oxygens (including phenoxy) is 1.